The predicted molar refractivity (Wildman–Crippen MR) is 78.8 cm³/mol. The molecule has 17 heavy (non-hydrogen) atoms. The van der Waals surface area contributed by atoms with E-state index in [1.54, 1.807) is 0 Å². The summed E-state index contributed by atoms with van der Waals surface area (Å²) in [4.78, 5) is 8.07. The van der Waals surface area contributed by atoms with Crippen LogP contribution in [0.4, 0.5) is 11.8 Å². The van der Waals surface area contributed by atoms with Crippen LogP contribution < -0.4 is 11.5 Å². The number of halogens is 2. The Morgan fingerprint density at radius 3 is 2.59 bits per heavy atom. The summed E-state index contributed by atoms with van der Waals surface area (Å²) in [6.45, 7) is 1.83. The molecule has 88 valence electrons. The maximum absolute atomic E-state index is 6.17. The third-order valence-electron chi connectivity index (χ3n) is 2.33. The molecular formula is C11H10ClIN4. The SMILES string of the molecule is Cc1nc(N)nc(N)c1-c1cc(I)ccc1Cl. The molecule has 0 aliphatic heterocycles. The lowest BCUT2D eigenvalue weighted by Gasteiger charge is -2.11. The smallest absolute Gasteiger partial charge is 0.222 e. The zero-order chi connectivity index (χ0) is 12.6. The predicted octanol–water partition coefficient (Wildman–Crippen LogP) is 2.87. The van der Waals surface area contributed by atoms with Crippen LogP contribution in [0.5, 0.6) is 0 Å². The Labute approximate surface area is 118 Å². The van der Waals surface area contributed by atoms with Crippen LogP contribution >= 0.6 is 34.2 Å². The van der Waals surface area contributed by atoms with E-state index in [1.807, 2.05) is 25.1 Å². The molecule has 4 nitrogen and oxygen atoms in total. The van der Waals surface area contributed by atoms with Gasteiger partial charge >= 0.3 is 0 Å². The minimum atomic E-state index is 0.172. The maximum Gasteiger partial charge on any atom is 0.222 e. The molecule has 1 aromatic carbocycles. The van der Waals surface area contributed by atoms with E-state index >= 15 is 0 Å². The Hall–Kier alpha value is -1.08. The minimum absolute atomic E-state index is 0.172. The first kappa shape index (κ1) is 12.4. The summed E-state index contributed by atoms with van der Waals surface area (Å²) in [6, 6.07) is 5.70. The van der Waals surface area contributed by atoms with Crippen LogP contribution in [0.25, 0.3) is 11.1 Å². The highest BCUT2D eigenvalue weighted by Crippen LogP contribution is 2.34. The van der Waals surface area contributed by atoms with Gasteiger partial charge in [0.25, 0.3) is 0 Å². The van der Waals surface area contributed by atoms with Gasteiger partial charge in [0.2, 0.25) is 5.95 Å². The molecule has 0 saturated heterocycles. The lowest BCUT2D eigenvalue weighted by Crippen LogP contribution is -2.04. The molecule has 2 aromatic rings. The Morgan fingerprint density at radius 2 is 1.94 bits per heavy atom. The molecular weight excluding hydrogens is 351 g/mol. The standard InChI is InChI=1S/C11H10ClIN4/c1-5-9(10(14)17-11(15)16-5)7-4-6(13)2-3-8(7)12/h2-4H,1H3,(H4,14,15,16,17). The second-order valence-corrected chi connectivity index (χ2v) is 5.20. The van der Waals surface area contributed by atoms with E-state index in [0.717, 1.165) is 20.4 Å². The Morgan fingerprint density at radius 1 is 1.24 bits per heavy atom. The van der Waals surface area contributed by atoms with Crippen molar-refractivity contribution in [1.82, 2.24) is 9.97 Å². The topological polar surface area (TPSA) is 77.8 Å². The first-order valence-electron chi connectivity index (χ1n) is 4.84. The summed E-state index contributed by atoms with van der Waals surface area (Å²) >= 11 is 8.38. The van der Waals surface area contributed by atoms with Crippen molar-refractivity contribution in [2.24, 2.45) is 0 Å². The van der Waals surface area contributed by atoms with Crippen LogP contribution in [0.3, 0.4) is 0 Å². The van der Waals surface area contributed by atoms with Gasteiger partial charge in [-0.25, -0.2) is 4.98 Å². The van der Waals surface area contributed by atoms with E-state index in [-0.39, 0.29) is 5.95 Å². The Kier molecular flexibility index (Phi) is 3.39. The summed E-state index contributed by atoms with van der Waals surface area (Å²) in [7, 11) is 0. The molecule has 0 radical (unpaired) electrons. The summed E-state index contributed by atoms with van der Waals surface area (Å²) in [5.41, 5.74) is 13.7. The molecule has 0 bridgehead atoms. The van der Waals surface area contributed by atoms with Gasteiger partial charge in [0.15, 0.2) is 0 Å². The van der Waals surface area contributed by atoms with E-state index in [9.17, 15) is 0 Å². The number of aryl methyl sites for hydroxylation is 1. The highest BCUT2D eigenvalue weighted by molar-refractivity contribution is 14.1. The van der Waals surface area contributed by atoms with Crippen molar-refractivity contribution in [1.29, 1.82) is 0 Å². The molecule has 0 spiro atoms. The number of hydrogen-bond donors (Lipinski definition) is 2. The fourth-order valence-electron chi connectivity index (χ4n) is 1.64. The summed E-state index contributed by atoms with van der Waals surface area (Å²) in [5, 5.41) is 0.619. The molecule has 0 unspecified atom stereocenters. The molecule has 0 saturated carbocycles. The largest absolute Gasteiger partial charge is 0.383 e. The zero-order valence-corrected chi connectivity index (χ0v) is 12.0. The van der Waals surface area contributed by atoms with E-state index in [4.69, 9.17) is 23.1 Å². The Balaban J connectivity index is 2.72. The lowest BCUT2D eigenvalue weighted by molar-refractivity contribution is 1.13. The fourth-order valence-corrected chi connectivity index (χ4v) is 2.34. The molecule has 4 N–H and O–H groups in total. The van der Waals surface area contributed by atoms with Gasteiger partial charge in [-0.05, 0) is 47.7 Å². The van der Waals surface area contributed by atoms with Gasteiger partial charge in [0.05, 0.1) is 5.69 Å². The van der Waals surface area contributed by atoms with Crippen LogP contribution in [0.15, 0.2) is 18.2 Å². The average Bonchev–Trinajstić information content (AvgIpc) is 2.21. The highest BCUT2D eigenvalue weighted by atomic mass is 127. The molecule has 0 amide bonds. The van der Waals surface area contributed by atoms with Crippen LogP contribution in [0, 0.1) is 10.5 Å². The first-order chi connectivity index (χ1) is 7.99. The van der Waals surface area contributed by atoms with Crippen molar-refractivity contribution in [3.8, 4) is 11.1 Å². The van der Waals surface area contributed by atoms with E-state index < -0.39 is 0 Å². The van der Waals surface area contributed by atoms with Crippen molar-refractivity contribution < 1.29 is 0 Å². The van der Waals surface area contributed by atoms with Crippen molar-refractivity contribution in [2.75, 3.05) is 11.5 Å². The lowest BCUT2D eigenvalue weighted by atomic mass is 10.1. The Bertz CT molecular complexity index is 563. The molecule has 0 fully saturated rings. The van der Waals surface area contributed by atoms with E-state index in [0.29, 0.717) is 10.8 Å². The number of aromatic nitrogens is 2. The second kappa shape index (κ2) is 4.66. The van der Waals surface area contributed by atoms with Crippen molar-refractivity contribution in [3.05, 3.63) is 32.5 Å². The number of rotatable bonds is 1. The van der Waals surface area contributed by atoms with Gasteiger partial charge in [-0.1, -0.05) is 11.6 Å². The number of nitrogens with zero attached hydrogens (tertiary/aromatic N) is 2. The van der Waals surface area contributed by atoms with Gasteiger partial charge in [-0.3, -0.25) is 0 Å². The molecule has 0 aliphatic carbocycles. The fraction of sp³-hybridized carbons (Fsp3) is 0.0909. The van der Waals surface area contributed by atoms with Gasteiger partial charge in [-0.2, -0.15) is 4.98 Å². The van der Waals surface area contributed by atoms with Gasteiger partial charge in [-0.15, -0.1) is 0 Å². The molecule has 1 aromatic heterocycles. The van der Waals surface area contributed by atoms with Gasteiger partial charge in [0, 0.05) is 19.7 Å². The van der Waals surface area contributed by atoms with Crippen LogP contribution in [-0.2, 0) is 0 Å². The van der Waals surface area contributed by atoms with Crippen LogP contribution in [-0.4, -0.2) is 9.97 Å². The van der Waals surface area contributed by atoms with E-state index in [2.05, 4.69) is 32.6 Å². The summed E-state index contributed by atoms with van der Waals surface area (Å²) < 4.78 is 1.07. The quantitative estimate of drug-likeness (QED) is 0.767. The number of nitrogens with two attached hydrogens (primary N) is 2. The normalized spacial score (nSPS) is 10.5. The minimum Gasteiger partial charge on any atom is -0.383 e. The number of hydrogen-bond acceptors (Lipinski definition) is 4. The average molecular weight is 361 g/mol. The van der Waals surface area contributed by atoms with Gasteiger partial charge in [0.1, 0.15) is 5.82 Å². The maximum atomic E-state index is 6.17. The van der Waals surface area contributed by atoms with Crippen LogP contribution in [0.2, 0.25) is 5.02 Å². The highest BCUT2D eigenvalue weighted by Gasteiger charge is 2.13. The zero-order valence-electron chi connectivity index (χ0n) is 9.04. The molecule has 0 atom stereocenters. The van der Waals surface area contributed by atoms with Crippen molar-refractivity contribution in [3.63, 3.8) is 0 Å². The summed E-state index contributed by atoms with van der Waals surface area (Å²) in [5.74, 6) is 0.518. The van der Waals surface area contributed by atoms with Gasteiger partial charge < -0.3 is 11.5 Å². The monoisotopic (exact) mass is 360 g/mol. The van der Waals surface area contributed by atoms with Crippen LogP contribution in [0.1, 0.15) is 5.69 Å². The summed E-state index contributed by atoms with van der Waals surface area (Å²) in [6.07, 6.45) is 0. The third-order valence-corrected chi connectivity index (χ3v) is 3.33. The second-order valence-electron chi connectivity index (χ2n) is 3.55. The molecule has 0 aliphatic rings. The molecule has 1 heterocycles. The van der Waals surface area contributed by atoms with Crippen molar-refractivity contribution in [2.45, 2.75) is 6.92 Å². The molecule has 6 heteroatoms. The number of benzene rings is 1. The van der Waals surface area contributed by atoms with Crippen molar-refractivity contribution >= 4 is 46.0 Å². The number of nitrogen functional groups attached to an aromatic ring is 2. The third kappa shape index (κ3) is 2.44. The van der Waals surface area contributed by atoms with E-state index in [1.165, 1.54) is 0 Å². The molecule has 2 rings (SSSR count). The number of anilines is 2. The first-order valence-corrected chi connectivity index (χ1v) is 6.29.